The number of benzene rings is 1. The molecule has 3 nitrogen and oxygen atoms in total. The highest BCUT2D eigenvalue weighted by molar-refractivity contribution is 5.39. The summed E-state index contributed by atoms with van der Waals surface area (Å²) in [5, 5.41) is 0. The normalized spacial score (nSPS) is 23.7. The molecule has 0 unspecified atom stereocenters. The number of rotatable bonds is 4. The Labute approximate surface area is 110 Å². The van der Waals surface area contributed by atoms with Crippen molar-refractivity contribution in [2.45, 2.75) is 26.3 Å². The van der Waals surface area contributed by atoms with Crippen molar-refractivity contribution < 1.29 is 14.4 Å². The first-order valence-corrected chi connectivity index (χ1v) is 6.77. The fourth-order valence-electron chi connectivity index (χ4n) is 2.64. The van der Waals surface area contributed by atoms with Gasteiger partial charge in [-0.15, -0.1) is 0 Å². The summed E-state index contributed by atoms with van der Waals surface area (Å²) in [6, 6.07) is 6.06. The summed E-state index contributed by atoms with van der Waals surface area (Å²) in [4.78, 5) is 1.65. The van der Waals surface area contributed by atoms with Gasteiger partial charge in [-0.25, -0.2) is 0 Å². The van der Waals surface area contributed by atoms with Crippen molar-refractivity contribution >= 4 is 0 Å². The molecule has 0 bridgehead atoms. The lowest BCUT2D eigenvalue weighted by atomic mass is 9.99. The minimum Gasteiger partial charge on any atom is -0.497 e. The molecule has 0 radical (unpaired) electrons. The third kappa shape index (κ3) is 3.16. The first-order valence-electron chi connectivity index (χ1n) is 6.77. The molecule has 0 aromatic heterocycles. The van der Waals surface area contributed by atoms with Crippen LogP contribution in [0.3, 0.4) is 0 Å². The molecule has 1 saturated heterocycles. The Morgan fingerprint density at radius 2 is 1.89 bits per heavy atom. The zero-order valence-electron chi connectivity index (χ0n) is 11.7. The molecule has 1 heterocycles. The predicted octanol–water partition coefficient (Wildman–Crippen LogP) is 1.52. The highest BCUT2D eigenvalue weighted by Gasteiger charge is 2.20. The van der Waals surface area contributed by atoms with Gasteiger partial charge in [0.1, 0.15) is 18.0 Å². The fourth-order valence-corrected chi connectivity index (χ4v) is 2.64. The molecule has 1 aromatic rings. The smallest absolute Gasteiger partial charge is 0.127 e. The van der Waals surface area contributed by atoms with E-state index in [1.807, 2.05) is 12.1 Å². The largest absolute Gasteiger partial charge is 0.497 e. The molecule has 1 aliphatic rings. The van der Waals surface area contributed by atoms with Gasteiger partial charge in [0.05, 0.1) is 32.9 Å². The Bertz CT molecular complexity index is 384. The highest BCUT2D eigenvalue weighted by Crippen LogP contribution is 2.23. The van der Waals surface area contributed by atoms with E-state index in [-0.39, 0.29) is 0 Å². The number of ether oxygens (including phenoxy) is 2. The van der Waals surface area contributed by atoms with Crippen LogP contribution in [-0.4, -0.2) is 27.3 Å². The summed E-state index contributed by atoms with van der Waals surface area (Å²) in [6.45, 7) is 5.92. The van der Waals surface area contributed by atoms with Crippen LogP contribution < -0.4 is 14.4 Å². The number of hydrogen-bond acceptors (Lipinski definition) is 2. The van der Waals surface area contributed by atoms with Crippen molar-refractivity contribution in [1.29, 1.82) is 0 Å². The number of methoxy groups -OCH3 is 2. The zero-order valence-corrected chi connectivity index (χ0v) is 11.7. The first-order chi connectivity index (χ1) is 8.72. The van der Waals surface area contributed by atoms with Crippen molar-refractivity contribution in [3.05, 3.63) is 23.8 Å². The van der Waals surface area contributed by atoms with Gasteiger partial charge >= 0.3 is 0 Å². The van der Waals surface area contributed by atoms with Crippen LogP contribution in [-0.2, 0) is 6.54 Å². The molecule has 0 saturated carbocycles. The summed E-state index contributed by atoms with van der Waals surface area (Å²) >= 11 is 0. The van der Waals surface area contributed by atoms with Gasteiger partial charge in [-0.3, -0.25) is 0 Å². The predicted molar refractivity (Wildman–Crippen MR) is 72.3 cm³/mol. The molecule has 3 heteroatoms. The molecule has 0 atom stereocenters. The third-order valence-electron chi connectivity index (χ3n) is 3.91. The van der Waals surface area contributed by atoms with Crippen LogP contribution in [0.2, 0.25) is 0 Å². The maximum absolute atomic E-state index is 5.44. The second-order valence-corrected chi connectivity index (χ2v) is 5.29. The molecular formula is C15H24NO2+. The number of nitrogens with one attached hydrogen (secondary N) is 1. The van der Waals surface area contributed by atoms with Crippen LogP contribution in [0.4, 0.5) is 0 Å². The van der Waals surface area contributed by atoms with Crippen LogP contribution in [0.1, 0.15) is 25.3 Å². The van der Waals surface area contributed by atoms with Gasteiger partial charge in [0.25, 0.3) is 0 Å². The molecule has 18 heavy (non-hydrogen) atoms. The van der Waals surface area contributed by atoms with Crippen molar-refractivity contribution in [3.63, 3.8) is 0 Å². The van der Waals surface area contributed by atoms with Gasteiger partial charge in [-0.1, -0.05) is 6.92 Å². The van der Waals surface area contributed by atoms with Gasteiger partial charge in [-0.2, -0.15) is 0 Å². The lowest BCUT2D eigenvalue weighted by Crippen LogP contribution is -3.11. The van der Waals surface area contributed by atoms with Crippen LogP contribution in [0.5, 0.6) is 11.5 Å². The quantitative estimate of drug-likeness (QED) is 0.875. The molecular weight excluding hydrogens is 226 g/mol. The summed E-state index contributed by atoms with van der Waals surface area (Å²) < 4.78 is 10.7. The first kappa shape index (κ1) is 13.2. The third-order valence-corrected chi connectivity index (χ3v) is 3.91. The molecule has 2 rings (SSSR count). The summed E-state index contributed by atoms with van der Waals surface area (Å²) in [7, 11) is 3.44. The standard InChI is InChI=1S/C15H23NO2/c1-12-6-8-16(9-7-12)11-13-10-14(17-2)4-5-15(13)18-3/h4-5,10,12H,6-9,11H2,1-3H3/p+1. The van der Waals surface area contributed by atoms with E-state index in [0.29, 0.717) is 0 Å². The molecule has 1 fully saturated rings. The Balaban J connectivity index is 2.07. The zero-order chi connectivity index (χ0) is 13.0. The van der Waals surface area contributed by atoms with E-state index < -0.39 is 0 Å². The molecule has 1 aliphatic heterocycles. The van der Waals surface area contributed by atoms with Crippen molar-refractivity contribution in [1.82, 2.24) is 0 Å². The van der Waals surface area contributed by atoms with Crippen LogP contribution >= 0.6 is 0 Å². The topological polar surface area (TPSA) is 22.9 Å². The van der Waals surface area contributed by atoms with Crippen LogP contribution in [0.15, 0.2) is 18.2 Å². The molecule has 1 N–H and O–H groups in total. The van der Waals surface area contributed by atoms with E-state index in [0.717, 1.165) is 24.0 Å². The second-order valence-electron chi connectivity index (χ2n) is 5.29. The van der Waals surface area contributed by atoms with Gasteiger partial charge in [0.15, 0.2) is 0 Å². The minimum absolute atomic E-state index is 0.890. The molecule has 100 valence electrons. The molecule has 1 aromatic carbocycles. The number of likely N-dealkylation sites (tertiary alicyclic amines) is 1. The fraction of sp³-hybridized carbons (Fsp3) is 0.600. The van der Waals surface area contributed by atoms with Crippen molar-refractivity contribution in [2.24, 2.45) is 5.92 Å². The van der Waals surface area contributed by atoms with Crippen LogP contribution in [0, 0.1) is 5.92 Å². The molecule has 0 spiro atoms. The van der Waals surface area contributed by atoms with Crippen LogP contribution in [0.25, 0.3) is 0 Å². The maximum atomic E-state index is 5.44. The average molecular weight is 250 g/mol. The van der Waals surface area contributed by atoms with E-state index in [9.17, 15) is 0 Å². The SMILES string of the molecule is COc1ccc(OC)c(C[NH+]2CCC(C)CC2)c1. The van der Waals surface area contributed by atoms with Gasteiger partial charge < -0.3 is 14.4 Å². The summed E-state index contributed by atoms with van der Waals surface area (Å²) in [6.07, 6.45) is 2.67. The van der Waals surface area contributed by atoms with Crippen molar-refractivity contribution in [3.8, 4) is 11.5 Å². The Hall–Kier alpha value is -1.22. The lowest BCUT2D eigenvalue weighted by Gasteiger charge is -2.27. The lowest BCUT2D eigenvalue weighted by molar-refractivity contribution is -0.919. The van der Waals surface area contributed by atoms with E-state index in [1.165, 1.54) is 31.5 Å². The number of quaternary nitrogens is 1. The number of piperidine rings is 1. The van der Waals surface area contributed by atoms with E-state index in [2.05, 4.69) is 13.0 Å². The van der Waals surface area contributed by atoms with E-state index in [4.69, 9.17) is 9.47 Å². The van der Waals surface area contributed by atoms with Gasteiger partial charge in [0.2, 0.25) is 0 Å². The van der Waals surface area contributed by atoms with Crippen molar-refractivity contribution in [2.75, 3.05) is 27.3 Å². The minimum atomic E-state index is 0.890. The Morgan fingerprint density at radius 1 is 1.17 bits per heavy atom. The summed E-state index contributed by atoms with van der Waals surface area (Å²) in [5.41, 5.74) is 1.25. The highest BCUT2D eigenvalue weighted by atomic mass is 16.5. The average Bonchev–Trinajstić information content (AvgIpc) is 2.41. The van der Waals surface area contributed by atoms with Gasteiger partial charge in [-0.05, 0) is 37.0 Å². The van der Waals surface area contributed by atoms with Gasteiger partial charge in [0, 0.05) is 0 Å². The van der Waals surface area contributed by atoms with E-state index >= 15 is 0 Å². The summed E-state index contributed by atoms with van der Waals surface area (Å²) in [5.74, 6) is 2.78. The number of hydrogen-bond donors (Lipinski definition) is 1. The molecule has 0 amide bonds. The monoisotopic (exact) mass is 250 g/mol. The Kier molecular flexibility index (Phi) is 4.48. The van der Waals surface area contributed by atoms with E-state index in [1.54, 1.807) is 19.1 Å². The maximum Gasteiger partial charge on any atom is 0.127 e. The Morgan fingerprint density at radius 3 is 2.50 bits per heavy atom. The second kappa shape index (κ2) is 6.10. The molecule has 0 aliphatic carbocycles.